The topological polar surface area (TPSA) is 93.4 Å². The van der Waals surface area contributed by atoms with Crippen LogP contribution in [0.5, 0.6) is 0 Å². The van der Waals surface area contributed by atoms with Gasteiger partial charge in [0.25, 0.3) is 0 Å². The van der Waals surface area contributed by atoms with Crippen molar-refractivity contribution in [3.8, 4) is 17.2 Å². The molecule has 176 valence electrons. The Morgan fingerprint density at radius 1 is 0.971 bits per heavy atom. The number of anilines is 2. The van der Waals surface area contributed by atoms with Crippen molar-refractivity contribution >= 4 is 23.7 Å². The van der Waals surface area contributed by atoms with Crippen molar-refractivity contribution in [2.45, 2.75) is 31.9 Å². The fraction of sp³-hybridized carbons (Fsp3) is 0.261. The first-order chi connectivity index (χ1) is 16.4. The van der Waals surface area contributed by atoms with Gasteiger partial charge in [-0.3, -0.25) is 9.29 Å². The molecule has 0 aliphatic carbocycles. The zero-order chi connectivity index (χ0) is 24.2. The summed E-state index contributed by atoms with van der Waals surface area (Å²) < 4.78 is 34.1. The molecule has 0 amide bonds. The largest absolute Gasteiger partial charge is 0.373 e. The van der Waals surface area contributed by atoms with Crippen LogP contribution in [0.25, 0.3) is 17.2 Å². The van der Waals surface area contributed by atoms with E-state index in [-0.39, 0.29) is 28.6 Å². The van der Waals surface area contributed by atoms with Crippen LogP contribution in [-0.2, 0) is 0 Å². The minimum absolute atomic E-state index is 0.00696. The number of hydrogen-bond donors (Lipinski definition) is 2. The van der Waals surface area contributed by atoms with Gasteiger partial charge in [0.1, 0.15) is 34.7 Å². The van der Waals surface area contributed by atoms with E-state index < -0.39 is 11.6 Å². The molecule has 2 unspecified atom stereocenters. The number of aryl methyl sites for hydroxylation is 1. The molecule has 1 aromatic carbocycles. The Hall–Kier alpha value is -3.60. The summed E-state index contributed by atoms with van der Waals surface area (Å²) in [6.07, 6.45) is 3.56. The first-order valence-electron chi connectivity index (χ1n) is 10.6. The highest BCUT2D eigenvalue weighted by molar-refractivity contribution is 8.01. The number of hydrogen-bond acceptors (Lipinski definition) is 8. The average Bonchev–Trinajstić information content (AvgIpc) is 3.26. The Labute approximate surface area is 200 Å². The lowest BCUT2D eigenvalue weighted by Gasteiger charge is -2.19. The summed E-state index contributed by atoms with van der Waals surface area (Å²) in [7, 11) is 1.73. The van der Waals surface area contributed by atoms with E-state index in [0.717, 1.165) is 5.56 Å². The van der Waals surface area contributed by atoms with Gasteiger partial charge in [0, 0.05) is 30.6 Å². The second-order valence-corrected chi connectivity index (χ2v) is 8.93. The molecular weight excluding hydrogens is 458 g/mol. The summed E-state index contributed by atoms with van der Waals surface area (Å²) >= 11 is 1.34. The van der Waals surface area contributed by atoms with Crippen molar-refractivity contribution in [1.29, 1.82) is 0 Å². The molecule has 0 fully saturated rings. The molecule has 4 aromatic rings. The fourth-order valence-electron chi connectivity index (χ4n) is 3.22. The van der Waals surface area contributed by atoms with Gasteiger partial charge < -0.3 is 5.32 Å². The van der Waals surface area contributed by atoms with E-state index in [1.807, 2.05) is 20.8 Å². The molecule has 0 saturated carbocycles. The number of aromatic nitrogens is 6. The third-order valence-electron chi connectivity index (χ3n) is 5.31. The van der Waals surface area contributed by atoms with Gasteiger partial charge in [-0.25, -0.2) is 23.7 Å². The minimum atomic E-state index is -0.742. The van der Waals surface area contributed by atoms with Crippen LogP contribution in [0.4, 0.5) is 20.5 Å². The molecule has 3 heterocycles. The summed E-state index contributed by atoms with van der Waals surface area (Å²) in [5.41, 5.74) is 1.11. The molecule has 8 nitrogen and oxygen atoms in total. The predicted octanol–water partition coefficient (Wildman–Crippen LogP) is 5.00. The van der Waals surface area contributed by atoms with Crippen molar-refractivity contribution in [1.82, 2.24) is 29.7 Å². The van der Waals surface area contributed by atoms with E-state index in [0.29, 0.717) is 17.3 Å². The fourth-order valence-corrected chi connectivity index (χ4v) is 3.97. The zero-order valence-electron chi connectivity index (χ0n) is 19.1. The van der Waals surface area contributed by atoms with Gasteiger partial charge in [-0.05, 0) is 48.7 Å². The van der Waals surface area contributed by atoms with E-state index in [2.05, 4.69) is 35.2 Å². The van der Waals surface area contributed by atoms with Crippen LogP contribution in [0.3, 0.4) is 0 Å². The van der Waals surface area contributed by atoms with Crippen LogP contribution in [0.1, 0.15) is 31.2 Å². The number of rotatable bonds is 8. The van der Waals surface area contributed by atoms with Gasteiger partial charge in [0.2, 0.25) is 5.95 Å². The minimum Gasteiger partial charge on any atom is -0.373 e. The van der Waals surface area contributed by atoms with Crippen LogP contribution < -0.4 is 10.0 Å². The third-order valence-corrected chi connectivity index (χ3v) is 6.39. The normalized spacial score (nSPS) is 12.9. The van der Waals surface area contributed by atoms with Crippen LogP contribution in [0.15, 0.2) is 48.8 Å². The van der Waals surface area contributed by atoms with Crippen LogP contribution in [0, 0.1) is 18.6 Å². The predicted molar refractivity (Wildman–Crippen MR) is 130 cm³/mol. The number of halogens is 2. The molecule has 2 N–H and O–H groups in total. The Balaban J connectivity index is 1.68. The molecule has 0 aliphatic rings. The molecule has 34 heavy (non-hydrogen) atoms. The molecule has 0 bridgehead atoms. The molecule has 3 aromatic heterocycles. The Morgan fingerprint density at radius 3 is 2.32 bits per heavy atom. The van der Waals surface area contributed by atoms with Crippen molar-refractivity contribution in [3.05, 3.63) is 71.8 Å². The van der Waals surface area contributed by atoms with Crippen molar-refractivity contribution < 1.29 is 8.78 Å². The van der Waals surface area contributed by atoms with Gasteiger partial charge >= 0.3 is 0 Å². The van der Waals surface area contributed by atoms with Gasteiger partial charge in [0.15, 0.2) is 5.82 Å². The highest BCUT2D eigenvalue weighted by Crippen LogP contribution is 2.32. The molecule has 0 saturated heterocycles. The summed E-state index contributed by atoms with van der Waals surface area (Å²) in [6, 6.07) is 8.95. The smallest absolute Gasteiger partial charge is 0.239 e. The van der Waals surface area contributed by atoms with E-state index in [9.17, 15) is 8.78 Å². The van der Waals surface area contributed by atoms with Gasteiger partial charge in [-0.1, -0.05) is 26.0 Å². The number of pyridine rings is 1. The standard InChI is InChI=1S/C23H24F2N8S/c1-13-11-27-21(28-12-13)14(2)15(3)34-32-23-31-30-22(18-9-6-10-19(26-4)29-18)33(23)20-16(24)7-5-8-17(20)25/h5-12,14-15H,1-4H3,(H,26,29)(H,31,32). The number of benzene rings is 1. The molecular formula is C23H24F2N8S. The monoisotopic (exact) mass is 482 g/mol. The SMILES string of the molecule is CNc1cccc(-c2nnc(NSC(C)C(C)c3ncc(C)cn3)n2-c2c(F)cccc2F)n1. The summed E-state index contributed by atoms with van der Waals surface area (Å²) in [5, 5.41) is 11.3. The molecule has 0 aliphatic heterocycles. The van der Waals surface area contributed by atoms with Crippen molar-refractivity contribution in [3.63, 3.8) is 0 Å². The summed E-state index contributed by atoms with van der Waals surface area (Å²) in [5.74, 6) is 0.194. The Kier molecular flexibility index (Phi) is 7.01. The van der Waals surface area contributed by atoms with E-state index in [1.165, 1.54) is 34.7 Å². The van der Waals surface area contributed by atoms with Gasteiger partial charge in [0.05, 0.1) is 0 Å². The molecule has 0 spiro atoms. The van der Waals surface area contributed by atoms with Gasteiger partial charge in [-0.2, -0.15) is 0 Å². The van der Waals surface area contributed by atoms with Crippen LogP contribution >= 0.6 is 11.9 Å². The molecule has 4 rings (SSSR count). The van der Waals surface area contributed by atoms with E-state index >= 15 is 0 Å². The molecule has 0 radical (unpaired) electrons. The second kappa shape index (κ2) is 10.1. The second-order valence-electron chi connectivity index (χ2n) is 7.74. The highest BCUT2D eigenvalue weighted by atomic mass is 32.2. The number of nitrogens with zero attached hydrogens (tertiary/aromatic N) is 6. The summed E-state index contributed by atoms with van der Waals surface area (Å²) in [6.45, 7) is 5.96. The first kappa shape index (κ1) is 23.6. The van der Waals surface area contributed by atoms with Gasteiger partial charge in [-0.15, -0.1) is 10.2 Å². The number of nitrogens with one attached hydrogen (secondary N) is 2. The quantitative estimate of drug-likeness (QED) is 0.339. The highest BCUT2D eigenvalue weighted by Gasteiger charge is 2.24. The lowest BCUT2D eigenvalue weighted by atomic mass is 10.1. The van der Waals surface area contributed by atoms with Crippen LogP contribution in [0.2, 0.25) is 0 Å². The maximum atomic E-state index is 14.8. The zero-order valence-corrected chi connectivity index (χ0v) is 19.9. The van der Waals surface area contributed by atoms with Crippen molar-refractivity contribution in [2.24, 2.45) is 0 Å². The molecule has 11 heteroatoms. The maximum absolute atomic E-state index is 14.8. The van der Waals surface area contributed by atoms with E-state index in [1.54, 1.807) is 37.6 Å². The Morgan fingerprint density at radius 2 is 1.65 bits per heavy atom. The first-order valence-corrected chi connectivity index (χ1v) is 11.5. The average molecular weight is 483 g/mol. The van der Waals surface area contributed by atoms with Crippen LogP contribution in [-0.4, -0.2) is 42.0 Å². The molecule has 2 atom stereocenters. The van der Waals surface area contributed by atoms with E-state index in [4.69, 9.17) is 0 Å². The number of para-hydroxylation sites is 1. The maximum Gasteiger partial charge on any atom is 0.239 e. The lowest BCUT2D eigenvalue weighted by Crippen LogP contribution is -2.15. The van der Waals surface area contributed by atoms with Crippen molar-refractivity contribution in [2.75, 3.05) is 17.1 Å². The third kappa shape index (κ3) is 4.84. The summed E-state index contributed by atoms with van der Waals surface area (Å²) in [4.78, 5) is 13.3. The lowest BCUT2D eigenvalue weighted by molar-refractivity contribution is 0.570. The Bertz CT molecular complexity index is 1260.